The molecule has 240 valence electrons. The third-order valence-electron chi connectivity index (χ3n) is 13.6. The molecule has 0 spiro atoms. The molecule has 8 heteroatoms. The van der Waals surface area contributed by atoms with Crippen LogP contribution in [0.25, 0.3) is 0 Å². The summed E-state index contributed by atoms with van der Waals surface area (Å²) < 4.78 is 11.8. The first kappa shape index (κ1) is 31.4. The van der Waals surface area contributed by atoms with E-state index in [-0.39, 0.29) is 22.9 Å². The first-order valence-corrected chi connectivity index (χ1v) is 17.0. The second-order valence-electron chi connectivity index (χ2n) is 15.7. The van der Waals surface area contributed by atoms with E-state index in [2.05, 4.69) is 44.9 Å². The molecule has 0 aromatic rings. The third kappa shape index (κ3) is 5.14. The summed E-state index contributed by atoms with van der Waals surface area (Å²) in [4.78, 5) is 2.63. The number of ether oxygens (including phenoxy) is 2. The molecule has 8 nitrogen and oxygen atoms in total. The number of nitrogens with zero attached hydrogens (tertiary/aromatic N) is 1. The van der Waals surface area contributed by atoms with Crippen molar-refractivity contribution in [2.24, 2.45) is 46.3 Å². The van der Waals surface area contributed by atoms with Gasteiger partial charge in [0.2, 0.25) is 0 Å². The van der Waals surface area contributed by atoms with Gasteiger partial charge in [0.1, 0.15) is 24.4 Å². The minimum absolute atomic E-state index is 0.0257. The molecular weight excluding hydrogens is 534 g/mol. The Hall–Kier alpha value is -0.580. The Labute approximate surface area is 252 Å². The standard InChI is InChI=1S/C34H57NO7/c1-19(26-8-6-5-7-15-35(26)4)22-9-10-23-21-17-27(37)25-16-20(11-13-34(25,3)24(21)12-14-33(22,23)2)41-32-31(40)30(39)29(38)28(18-36)42-32/h9-10,19-32,36-40H,5-8,11-18H2,1-4H3/t19-,20+,21+,22+,23+,24+,25-,26-,27-,28-,29-,30+,31-,32-,33-,34-/m1/s1. The zero-order valence-electron chi connectivity index (χ0n) is 26.2. The van der Waals surface area contributed by atoms with Gasteiger partial charge in [-0.05, 0) is 111 Å². The summed E-state index contributed by atoms with van der Waals surface area (Å²) in [6.45, 7) is 8.21. The molecule has 0 radical (unpaired) electrons. The molecule has 0 aromatic carbocycles. The minimum Gasteiger partial charge on any atom is -0.394 e. The van der Waals surface area contributed by atoms with Crippen molar-refractivity contribution in [2.45, 2.75) is 134 Å². The number of likely N-dealkylation sites (tertiary alicyclic amines) is 1. The van der Waals surface area contributed by atoms with Crippen molar-refractivity contribution in [2.75, 3.05) is 20.2 Å². The van der Waals surface area contributed by atoms with Gasteiger partial charge in [-0.2, -0.15) is 0 Å². The van der Waals surface area contributed by atoms with Crippen molar-refractivity contribution < 1.29 is 35.0 Å². The number of hydrogen-bond donors (Lipinski definition) is 5. The number of aliphatic hydroxyl groups is 5. The average molecular weight is 592 g/mol. The van der Waals surface area contributed by atoms with Crippen LogP contribution in [-0.2, 0) is 9.47 Å². The Morgan fingerprint density at radius 3 is 2.43 bits per heavy atom. The van der Waals surface area contributed by atoms with Crippen LogP contribution in [0.3, 0.4) is 0 Å². The Morgan fingerprint density at radius 2 is 1.67 bits per heavy atom. The van der Waals surface area contributed by atoms with Gasteiger partial charge in [0.25, 0.3) is 0 Å². The monoisotopic (exact) mass is 591 g/mol. The number of rotatable bonds is 5. The molecule has 16 atom stereocenters. The SMILES string of the molecule is C[C@@H]([C@H]1CCCCCN1C)[C@@H]1C=C[C@H]2[C@@H]3C[C@@H](O)[C@H]4C[C@@H](O[C@@H]5O[C@H](CO)[C@@H](O)[C@H](O)[C@H]5O)CC[C@]4(C)[C@H]3CC[C@]12C. The summed E-state index contributed by atoms with van der Waals surface area (Å²) in [6, 6.07) is 0.647. The number of hydrogen-bond acceptors (Lipinski definition) is 8. The molecule has 2 heterocycles. The van der Waals surface area contributed by atoms with Gasteiger partial charge in [0, 0.05) is 6.04 Å². The van der Waals surface area contributed by atoms with Gasteiger partial charge in [-0.1, -0.05) is 45.8 Å². The van der Waals surface area contributed by atoms with Crippen molar-refractivity contribution in [1.29, 1.82) is 0 Å². The summed E-state index contributed by atoms with van der Waals surface area (Å²) in [5.74, 6) is 2.88. The molecule has 0 aromatic heterocycles. The zero-order valence-corrected chi connectivity index (χ0v) is 26.2. The van der Waals surface area contributed by atoms with Crippen LogP contribution in [0.5, 0.6) is 0 Å². The predicted molar refractivity (Wildman–Crippen MR) is 159 cm³/mol. The fourth-order valence-electron chi connectivity index (χ4n) is 11.2. The van der Waals surface area contributed by atoms with Crippen molar-refractivity contribution in [1.82, 2.24) is 4.90 Å². The van der Waals surface area contributed by atoms with E-state index in [1.165, 1.54) is 45.1 Å². The summed E-state index contributed by atoms with van der Waals surface area (Å²) in [5, 5.41) is 52.2. The Morgan fingerprint density at radius 1 is 0.905 bits per heavy atom. The lowest BCUT2D eigenvalue weighted by Gasteiger charge is -2.62. The summed E-state index contributed by atoms with van der Waals surface area (Å²) in [7, 11) is 2.33. The summed E-state index contributed by atoms with van der Waals surface area (Å²) in [5.41, 5.74) is 0.276. The molecule has 2 saturated heterocycles. The van der Waals surface area contributed by atoms with Crippen LogP contribution in [0.1, 0.15) is 85.0 Å². The molecule has 42 heavy (non-hydrogen) atoms. The number of fused-ring (bicyclic) bond motifs is 5. The highest BCUT2D eigenvalue weighted by atomic mass is 16.7. The van der Waals surface area contributed by atoms with Crippen molar-refractivity contribution in [3.63, 3.8) is 0 Å². The summed E-state index contributed by atoms with van der Waals surface area (Å²) >= 11 is 0. The van der Waals surface area contributed by atoms with Gasteiger partial charge < -0.3 is 39.9 Å². The highest BCUT2D eigenvalue weighted by Gasteiger charge is 2.62. The maximum atomic E-state index is 11.7. The Kier molecular flexibility index (Phi) is 8.95. The lowest BCUT2D eigenvalue weighted by Crippen LogP contribution is -2.61. The zero-order chi connectivity index (χ0) is 30.0. The van der Waals surface area contributed by atoms with E-state index in [1.807, 2.05) is 0 Å². The van der Waals surface area contributed by atoms with E-state index in [9.17, 15) is 25.5 Å². The van der Waals surface area contributed by atoms with Crippen molar-refractivity contribution in [3.05, 3.63) is 12.2 Å². The van der Waals surface area contributed by atoms with E-state index in [0.29, 0.717) is 42.1 Å². The van der Waals surface area contributed by atoms with Gasteiger partial charge in [-0.3, -0.25) is 0 Å². The smallest absolute Gasteiger partial charge is 0.186 e. The van der Waals surface area contributed by atoms with Gasteiger partial charge >= 0.3 is 0 Å². The van der Waals surface area contributed by atoms with Crippen LogP contribution in [0, 0.1) is 46.3 Å². The molecule has 5 N–H and O–H groups in total. The predicted octanol–water partition coefficient (Wildman–Crippen LogP) is 3.09. The lowest BCUT2D eigenvalue weighted by atomic mass is 9.43. The van der Waals surface area contributed by atoms with E-state index in [4.69, 9.17) is 9.47 Å². The Bertz CT molecular complexity index is 978. The van der Waals surface area contributed by atoms with Crippen LogP contribution in [0.4, 0.5) is 0 Å². The number of allylic oxidation sites excluding steroid dienone is 2. The van der Waals surface area contributed by atoms with E-state index >= 15 is 0 Å². The van der Waals surface area contributed by atoms with Gasteiger partial charge in [0.15, 0.2) is 6.29 Å². The maximum absolute atomic E-state index is 11.7. The van der Waals surface area contributed by atoms with Crippen molar-refractivity contribution >= 4 is 0 Å². The highest BCUT2D eigenvalue weighted by Crippen LogP contribution is 2.67. The number of aliphatic hydroxyl groups excluding tert-OH is 5. The highest BCUT2D eigenvalue weighted by molar-refractivity contribution is 5.21. The largest absolute Gasteiger partial charge is 0.394 e. The van der Waals surface area contributed by atoms with Crippen LogP contribution in [0.2, 0.25) is 0 Å². The van der Waals surface area contributed by atoms with E-state index in [0.717, 1.165) is 19.3 Å². The molecule has 0 unspecified atom stereocenters. The second kappa shape index (κ2) is 12.0. The molecule has 5 fully saturated rings. The topological polar surface area (TPSA) is 123 Å². The second-order valence-corrected chi connectivity index (χ2v) is 15.7. The average Bonchev–Trinajstić information content (AvgIpc) is 3.18. The van der Waals surface area contributed by atoms with Gasteiger partial charge in [-0.25, -0.2) is 0 Å². The molecule has 2 aliphatic heterocycles. The van der Waals surface area contributed by atoms with Gasteiger partial charge in [-0.15, -0.1) is 0 Å². The Balaban J connectivity index is 1.14. The third-order valence-corrected chi connectivity index (χ3v) is 13.6. The normalized spacial score (nSPS) is 54.0. The van der Waals surface area contributed by atoms with E-state index in [1.54, 1.807) is 0 Å². The molecule has 3 saturated carbocycles. The van der Waals surface area contributed by atoms with Crippen LogP contribution in [-0.4, -0.2) is 99.6 Å². The first-order chi connectivity index (χ1) is 20.0. The minimum atomic E-state index is -1.44. The molecule has 0 bridgehead atoms. The van der Waals surface area contributed by atoms with Gasteiger partial charge in [0.05, 0.1) is 18.8 Å². The lowest BCUT2D eigenvalue weighted by molar-refractivity contribution is -0.317. The fourth-order valence-corrected chi connectivity index (χ4v) is 11.2. The van der Waals surface area contributed by atoms with Crippen molar-refractivity contribution in [3.8, 4) is 0 Å². The summed E-state index contributed by atoms with van der Waals surface area (Å²) in [6.07, 6.45) is 9.17. The van der Waals surface area contributed by atoms with Crippen LogP contribution >= 0.6 is 0 Å². The molecule has 4 aliphatic carbocycles. The van der Waals surface area contributed by atoms with E-state index < -0.39 is 43.4 Å². The fraction of sp³-hybridized carbons (Fsp3) is 0.941. The van der Waals surface area contributed by atoms with Crippen LogP contribution in [0.15, 0.2) is 12.2 Å². The maximum Gasteiger partial charge on any atom is 0.186 e. The quantitative estimate of drug-likeness (QED) is 0.244. The molecule has 6 aliphatic rings. The first-order valence-electron chi connectivity index (χ1n) is 17.0. The molecular formula is C34H57NO7. The van der Waals surface area contributed by atoms with Crippen LogP contribution < -0.4 is 0 Å². The molecule has 6 rings (SSSR count). The molecule has 0 amide bonds.